The Morgan fingerprint density at radius 2 is 1.95 bits per heavy atom. The van der Waals surface area contributed by atoms with Gasteiger partial charge in [-0.3, -0.25) is 0 Å². The van der Waals surface area contributed by atoms with Gasteiger partial charge in [-0.2, -0.15) is 4.98 Å². The monoisotopic (exact) mass is 281 g/mol. The van der Waals surface area contributed by atoms with Crippen LogP contribution in [0, 0.1) is 12.3 Å². The van der Waals surface area contributed by atoms with E-state index >= 15 is 0 Å². The number of rotatable bonds is 4. The molecule has 1 saturated carbocycles. The van der Waals surface area contributed by atoms with E-state index in [1.54, 1.807) is 0 Å². The maximum Gasteiger partial charge on any atom is 0.325 e. The largest absolute Gasteiger partial charge is 0.325 e. The van der Waals surface area contributed by atoms with Crippen LogP contribution in [0.1, 0.15) is 32.1 Å². The van der Waals surface area contributed by atoms with Crippen LogP contribution in [0.3, 0.4) is 0 Å². The van der Waals surface area contributed by atoms with Gasteiger partial charge >= 0.3 is 6.01 Å². The molecule has 1 aromatic carbocycles. The molecule has 1 aliphatic rings. The Hall–Kier alpha value is -2.28. The van der Waals surface area contributed by atoms with Crippen molar-refractivity contribution in [2.24, 2.45) is 0 Å². The Morgan fingerprint density at radius 3 is 2.67 bits per heavy atom. The maximum atomic E-state index is 5.51. The van der Waals surface area contributed by atoms with Crippen molar-refractivity contribution in [2.75, 3.05) is 11.4 Å². The quantitative estimate of drug-likeness (QED) is 0.804. The lowest BCUT2D eigenvalue weighted by Gasteiger charge is -2.31. The van der Waals surface area contributed by atoms with Crippen LogP contribution in [0.5, 0.6) is 0 Å². The van der Waals surface area contributed by atoms with Gasteiger partial charge in [0.15, 0.2) is 0 Å². The van der Waals surface area contributed by atoms with Crippen LogP contribution >= 0.6 is 0 Å². The van der Waals surface area contributed by atoms with Crippen molar-refractivity contribution >= 4 is 6.01 Å². The molecule has 0 N–H and O–H groups in total. The van der Waals surface area contributed by atoms with Crippen molar-refractivity contribution in [2.45, 2.75) is 38.1 Å². The van der Waals surface area contributed by atoms with Crippen molar-refractivity contribution in [3.8, 4) is 23.7 Å². The maximum absolute atomic E-state index is 5.51. The van der Waals surface area contributed by atoms with E-state index in [1.165, 1.54) is 19.3 Å². The van der Waals surface area contributed by atoms with Gasteiger partial charge < -0.3 is 9.42 Å². The number of aromatic nitrogens is 2. The standard InChI is InChI=1S/C17H19N3O/c1-2-13-20(15-11-7-4-8-12-15)17-18-16(19-21-17)14-9-5-3-6-10-14/h1,3,5-6,9-10,15H,4,7-8,11-13H2. The summed E-state index contributed by atoms with van der Waals surface area (Å²) in [7, 11) is 0. The Morgan fingerprint density at radius 1 is 1.19 bits per heavy atom. The summed E-state index contributed by atoms with van der Waals surface area (Å²) in [6.45, 7) is 0.515. The van der Waals surface area contributed by atoms with Crippen molar-refractivity contribution in [1.29, 1.82) is 0 Å². The predicted octanol–water partition coefficient (Wildman–Crippen LogP) is 3.51. The third-order valence-electron chi connectivity index (χ3n) is 3.97. The molecule has 0 radical (unpaired) electrons. The third-order valence-corrected chi connectivity index (χ3v) is 3.97. The molecule has 0 spiro atoms. The van der Waals surface area contributed by atoms with E-state index in [2.05, 4.69) is 21.0 Å². The second-order valence-electron chi connectivity index (χ2n) is 5.39. The van der Waals surface area contributed by atoms with Gasteiger partial charge in [-0.05, 0) is 12.8 Å². The average molecular weight is 281 g/mol. The highest BCUT2D eigenvalue weighted by Crippen LogP contribution is 2.27. The molecule has 1 heterocycles. The van der Waals surface area contributed by atoms with Crippen LogP contribution in [0.4, 0.5) is 6.01 Å². The van der Waals surface area contributed by atoms with E-state index in [9.17, 15) is 0 Å². The molecule has 21 heavy (non-hydrogen) atoms. The summed E-state index contributed by atoms with van der Waals surface area (Å²) in [6, 6.07) is 10.8. The lowest BCUT2D eigenvalue weighted by Crippen LogP contribution is -2.37. The fourth-order valence-electron chi connectivity index (χ4n) is 2.88. The van der Waals surface area contributed by atoms with Crippen LogP contribution in [0.25, 0.3) is 11.4 Å². The normalized spacial score (nSPS) is 15.6. The summed E-state index contributed by atoms with van der Waals surface area (Å²) in [6.07, 6.45) is 11.6. The second kappa shape index (κ2) is 6.45. The summed E-state index contributed by atoms with van der Waals surface area (Å²) in [5.74, 6) is 3.33. The topological polar surface area (TPSA) is 42.2 Å². The molecule has 3 rings (SSSR count). The minimum atomic E-state index is 0.416. The molecule has 1 aliphatic carbocycles. The molecule has 108 valence electrons. The number of nitrogens with zero attached hydrogens (tertiary/aromatic N) is 3. The third kappa shape index (κ3) is 3.08. The van der Waals surface area contributed by atoms with Gasteiger partial charge in [0.05, 0.1) is 6.54 Å². The second-order valence-corrected chi connectivity index (χ2v) is 5.39. The Bertz CT molecular complexity index is 608. The average Bonchev–Trinajstić information content (AvgIpc) is 3.04. The lowest BCUT2D eigenvalue weighted by molar-refractivity contribution is 0.369. The molecule has 0 aliphatic heterocycles. The van der Waals surface area contributed by atoms with Gasteiger partial charge in [0.25, 0.3) is 0 Å². The summed E-state index contributed by atoms with van der Waals surface area (Å²) in [4.78, 5) is 6.61. The smallest absolute Gasteiger partial charge is 0.315 e. The number of anilines is 1. The summed E-state index contributed by atoms with van der Waals surface area (Å²) < 4.78 is 5.46. The summed E-state index contributed by atoms with van der Waals surface area (Å²) in [5, 5.41) is 4.09. The molecule has 0 amide bonds. The van der Waals surface area contributed by atoms with Crippen molar-refractivity contribution in [1.82, 2.24) is 10.1 Å². The fraction of sp³-hybridized carbons (Fsp3) is 0.412. The molecule has 4 nitrogen and oxygen atoms in total. The molecular weight excluding hydrogens is 262 g/mol. The first-order valence-electron chi connectivity index (χ1n) is 7.47. The van der Waals surface area contributed by atoms with Crippen molar-refractivity contribution in [3.05, 3.63) is 30.3 Å². The fourth-order valence-corrected chi connectivity index (χ4v) is 2.88. The Labute approximate surface area is 125 Å². The van der Waals surface area contributed by atoms with Gasteiger partial charge in [-0.25, -0.2) is 0 Å². The number of hydrogen-bond acceptors (Lipinski definition) is 4. The SMILES string of the molecule is C#CCN(c1nc(-c2ccccc2)no1)C1CCCCC1. The Balaban J connectivity index is 1.83. The number of terminal acetylenes is 1. The molecule has 1 fully saturated rings. The first-order valence-corrected chi connectivity index (χ1v) is 7.47. The molecule has 0 saturated heterocycles. The summed E-state index contributed by atoms with van der Waals surface area (Å²) in [5.41, 5.74) is 0.955. The molecular formula is C17H19N3O. The minimum absolute atomic E-state index is 0.416. The van der Waals surface area contributed by atoms with Gasteiger partial charge in [0.1, 0.15) is 0 Å². The van der Waals surface area contributed by atoms with E-state index in [0.29, 0.717) is 24.4 Å². The van der Waals surface area contributed by atoms with Crippen LogP contribution in [-0.4, -0.2) is 22.7 Å². The van der Waals surface area contributed by atoms with E-state index < -0.39 is 0 Å². The minimum Gasteiger partial charge on any atom is -0.315 e. The van der Waals surface area contributed by atoms with Crippen LogP contribution in [-0.2, 0) is 0 Å². The highest BCUT2D eigenvalue weighted by Gasteiger charge is 2.25. The molecule has 0 unspecified atom stereocenters. The van der Waals surface area contributed by atoms with Gasteiger partial charge in [-0.1, -0.05) is 60.7 Å². The molecule has 4 heteroatoms. The van der Waals surface area contributed by atoms with Crippen LogP contribution in [0.2, 0.25) is 0 Å². The zero-order valence-corrected chi connectivity index (χ0v) is 12.0. The molecule has 2 aromatic rings. The molecule has 1 aromatic heterocycles. The van der Waals surface area contributed by atoms with E-state index in [-0.39, 0.29) is 0 Å². The zero-order valence-electron chi connectivity index (χ0n) is 12.0. The van der Waals surface area contributed by atoms with Gasteiger partial charge in [0.2, 0.25) is 5.82 Å². The predicted molar refractivity (Wildman–Crippen MR) is 82.8 cm³/mol. The van der Waals surface area contributed by atoms with Crippen molar-refractivity contribution < 1.29 is 4.52 Å². The molecule has 0 atom stereocenters. The van der Waals surface area contributed by atoms with E-state index in [4.69, 9.17) is 10.9 Å². The Kier molecular flexibility index (Phi) is 4.20. The molecule has 0 bridgehead atoms. The highest BCUT2D eigenvalue weighted by molar-refractivity contribution is 5.55. The number of hydrogen-bond donors (Lipinski definition) is 0. The number of benzene rings is 1. The highest BCUT2D eigenvalue weighted by atomic mass is 16.5. The first kappa shape index (κ1) is 13.7. The van der Waals surface area contributed by atoms with Gasteiger partial charge in [0, 0.05) is 11.6 Å². The van der Waals surface area contributed by atoms with Crippen LogP contribution in [0.15, 0.2) is 34.9 Å². The van der Waals surface area contributed by atoms with Crippen molar-refractivity contribution in [3.63, 3.8) is 0 Å². The van der Waals surface area contributed by atoms with Crippen LogP contribution < -0.4 is 4.90 Å². The first-order chi connectivity index (χ1) is 10.4. The van der Waals surface area contributed by atoms with Gasteiger partial charge in [-0.15, -0.1) is 6.42 Å². The summed E-state index contributed by atoms with van der Waals surface area (Å²) >= 11 is 0. The van der Waals surface area contributed by atoms with E-state index in [1.807, 2.05) is 30.3 Å². The van der Waals surface area contributed by atoms with E-state index in [0.717, 1.165) is 18.4 Å². The lowest BCUT2D eigenvalue weighted by atomic mass is 9.94. The zero-order chi connectivity index (χ0) is 14.5.